The number of azo groups is 1. The summed E-state index contributed by atoms with van der Waals surface area (Å²) < 4.78 is 1.64. The van der Waals surface area contributed by atoms with Crippen molar-refractivity contribution in [2.24, 2.45) is 10.2 Å². The van der Waals surface area contributed by atoms with Crippen LogP contribution < -0.4 is 0 Å². The monoisotopic (exact) mass is 294 g/mol. The molecule has 6 heteroatoms. The molecule has 1 N–H and O–H groups in total. The van der Waals surface area contributed by atoms with Gasteiger partial charge in [0.25, 0.3) is 0 Å². The van der Waals surface area contributed by atoms with Gasteiger partial charge in [-0.25, -0.2) is 9.78 Å². The molecule has 0 bridgehead atoms. The van der Waals surface area contributed by atoms with E-state index >= 15 is 0 Å². The SMILES string of the molecule is Cc1ccccc1N=Nc1c(C)nc2c(C(=O)O)cccn12. The number of pyridine rings is 1. The van der Waals surface area contributed by atoms with Crippen molar-refractivity contribution in [1.82, 2.24) is 9.38 Å². The maximum absolute atomic E-state index is 11.3. The third kappa shape index (κ3) is 2.35. The summed E-state index contributed by atoms with van der Waals surface area (Å²) in [6, 6.07) is 10.8. The molecule has 110 valence electrons. The predicted octanol–water partition coefficient (Wildman–Crippen LogP) is 4.06. The highest BCUT2D eigenvalue weighted by atomic mass is 16.4. The topological polar surface area (TPSA) is 79.3 Å². The lowest BCUT2D eigenvalue weighted by atomic mass is 10.2. The van der Waals surface area contributed by atoms with Gasteiger partial charge in [0.2, 0.25) is 0 Å². The molecule has 0 saturated heterocycles. The van der Waals surface area contributed by atoms with E-state index in [2.05, 4.69) is 15.2 Å². The van der Waals surface area contributed by atoms with Crippen molar-refractivity contribution in [3.05, 3.63) is 59.4 Å². The van der Waals surface area contributed by atoms with Gasteiger partial charge < -0.3 is 5.11 Å². The number of aryl methyl sites for hydroxylation is 2. The number of imidazole rings is 1. The Bertz CT molecular complexity index is 896. The van der Waals surface area contributed by atoms with Crippen LogP contribution in [0.3, 0.4) is 0 Å². The van der Waals surface area contributed by atoms with Crippen LogP contribution in [0.25, 0.3) is 5.65 Å². The normalized spacial score (nSPS) is 11.4. The lowest BCUT2D eigenvalue weighted by Gasteiger charge is -2.00. The van der Waals surface area contributed by atoms with Crippen molar-refractivity contribution in [2.75, 3.05) is 0 Å². The van der Waals surface area contributed by atoms with E-state index in [1.165, 1.54) is 6.07 Å². The van der Waals surface area contributed by atoms with E-state index in [0.29, 0.717) is 17.2 Å². The van der Waals surface area contributed by atoms with E-state index in [1.807, 2.05) is 31.2 Å². The maximum atomic E-state index is 11.3. The first-order chi connectivity index (χ1) is 10.6. The van der Waals surface area contributed by atoms with Crippen molar-refractivity contribution in [3.63, 3.8) is 0 Å². The van der Waals surface area contributed by atoms with Crippen molar-refractivity contribution < 1.29 is 9.90 Å². The van der Waals surface area contributed by atoms with Crippen molar-refractivity contribution in [1.29, 1.82) is 0 Å². The van der Waals surface area contributed by atoms with Crippen LogP contribution in [0, 0.1) is 13.8 Å². The molecule has 6 nitrogen and oxygen atoms in total. The van der Waals surface area contributed by atoms with Crippen LogP contribution in [0.15, 0.2) is 52.8 Å². The molecule has 0 saturated carbocycles. The van der Waals surface area contributed by atoms with Crippen LogP contribution >= 0.6 is 0 Å². The van der Waals surface area contributed by atoms with Gasteiger partial charge in [-0.05, 0) is 37.6 Å². The second kappa shape index (κ2) is 5.40. The minimum atomic E-state index is -1.02. The lowest BCUT2D eigenvalue weighted by molar-refractivity contribution is 0.0698. The van der Waals surface area contributed by atoms with E-state index < -0.39 is 5.97 Å². The summed E-state index contributed by atoms with van der Waals surface area (Å²) in [6.45, 7) is 3.74. The smallest absolute Gasteiger partial charge is 0.339 e. The summed E-state index contributed by atoms with van der Waals surface area (Å²) in [5, 5.41) is 17.7. The van der Waals surface area contributed by atoms with Gasteiger partial charge in [0, 0.05) is 6.20 Å². The standard InChI is InChI=1S/C16H14N4O2/c1-10-6-3-4-8-13(10)18-19-14-11(2)17-15-12(16(21)22)7-5-9-20(14)15/h3-9H,1-2H3,(H,21,22). The predicted molar refractivity (Wildman–Crippen MR) is 82.2 cm³/mol. The number of carboxylic acids is 1. The fourth-order valence-corrected chi connectivity index (χ4v) is 2.23. The Morgan fingerprint density at radius 2 is 1.91 bits per heavy atom. The molecule has 0 aliphatic heterocycles. The molecule has 3 aromatic rings. The van der Waals surface area contributed by atoms with Gasteiger partial charge in [-0.1, -0.05) is 18.2 Å². The highest BCUT2D eigenvalue weighted by molar-refractivity contribution is 5.94. The van der Waals surface area contributed by atoms with Gasteiger partial charge in [-0.3, -0.25) is 4.40 Å². The number of fused-ring (bicyclic) bond motifs is 1. The Morgan fingerprint density at radius 3 is 2.64 bits per heavy atom. The zero-order valence-corrected chi connectivity index (χ0v) is 12.2. The van der Waals surface area contributed by atoms with Gasteiger partial charge in [0.15, 0.2) is 11.5 Å². The first-order valence-electron chi connectivity index (χ1n) is 6.76. The lowest BCUT2D eigenvalue weighted by Crippen LogP contribution is -1.99. The van der Waals surface area contributed by atoms with Gasteiger partial charge in [-0.2, -0.15) is 0 Å². The summed E-state index contributed by atoms with van der Waals surface area (Å²) in [5.41, 5.74) is 2.93. The number of carboxylic acid groups (broad SMARTS) is 1. The molecule has 0 amide bonds. The fourth-order valence-electron chi connectivity index (χ4n) is 2.23. The third-order valence-corrected chi connectivity index (χ3v) is 3.39. The molecule has 0 spiro atoms. The second-order valence-corrected chi connectivity index (χ2v) is 4.93. The van der Waals surface area contributed by atoms with Crippen molar-refractivity contribution >= 4 is 23.1 Å². The number of aromatic nitrogens is 2. The largest absolute Gasteiger partial charge is 0.478 e. The third-order valence-electron chi connectivity index (χ3n) is 3.39. The number of benzene rings is 1. The van der Waals surface area contributed by atoms with E-state index in [-0.39, 0.29) is 5.56 Å². The summed E-state index contributed by atoms with van der Waals surface area (Å²) in [4.78, 5) is 15.5. The average molecular weight is 294 g/mol. The molecule has 0 fully saturated rings. The quantitative estimate of drug-likeness (QED) is 0.739. The highest BCUT2D eigenvalue weighted by Crippen LogP contribution is 2.26. The summed E-state index contributed by atoms with van der Waals surface area (Å²) >= 11 is 0. The zero-order chi connectivity index (χ0) is 15.7. The first-order valence-corrected chi connectivity index (χ1v) is 6.76. The Hall–Kier alpha value is -3.02. The minimum absolute atomic E-state index is 0.142. The molecule has 3 rings (SSSR count). The van der Waals surface area contributed by atoms with Crippen LogP contribution in [0.2, 0.25) is 0 Å². The molecule has 0 unspecified atom stereocenters. The summed E-state index contributed by atoms with van der Waals surface area (Å²) in [5.74, 6) is -0.487. The molecule has 2 aromatic heterocycles. The van der Waals surface area contributed by atoms with Gasteiger partial charge in [-0.15, -0.1) is 10.2 Å². The van der Waals surface area contributed by atoms with Crippen LogP contribution in [0.5, 0.6) is 0 Å². The molecule has 22 heavy (non-hydrogen) atoms. The van der Waals surface area contributed by atoms with Crippen LogP contribution in [-0.2, 0) is 0 Å². The molecule has 0 aliphatic rings. The minimum Gasteiger partial charge on any atom is -0.478 e. The number of hydrogen-bond acceptors (Lipinski definition) is 4. The number of rotatable bonds is 3. The molecule has 2 heterocycles. The zero-order valence-electron chi connectivity index (χ0n) is 12.2. The summed E-state index contributed by atoms with van der Waals surface area (Å²) in [7, 11) is 0. The number of nitrogens with zero attached hydrogens (tertiary/aromatic N) is 4. The Labute approximate surface area is 126 Å². The van der Waals surface area contributed by atoms with Gasteiger partial charge >= 0.3 is 5.97 Å². The number of carbonyl (C=O) groups is 1. The van der Waals surface area contributed by atoms with Gasteiger partial charge in [0.05, 0.1) is 11.4 Å². The van der Waals surface area contributed by atoms with E-state index in [1.54, 1.807) is 23.6 Å². The van der Waals surface area contributed by atoms with Gasteiger partial charge in [0.1, 0.15) is 5.56 Å². The summed E-state index contributed by atoms with van der Waals surface area (Å²) in [6.07, 6.45) is 1.73. The van der Waals surface area contributed by atoms with E-state index in [9.17, 15) is 9.90 Å². The Balaban J connectivity index is 2.12. The van der Waals surface area contributed by atoms with Crippen molar-refractivity contribution in [2.45, 2.75) is 13.8 Å². The van der Waals surface area contributed by atoms with Crippen molar-refractivity contribution in [3.8, 4) is 0 Å². The van der Waals surface area contributed by atoms with Crippen LogP contribution in [0.4, 0.5) is 11.5 Å². The molecule has 0 radical (unpaired) electrons. The average Bonchev–Trinajstić information content (AvgIpc) is 2.81. The number of hydrogen-bond donors (Lipinski definition) is 1. The van der Waals surface area contributed by atoms with Crippen LogP contribution in [-0.4, -0.2) is 20.5 Å². The highest BCUT2D eigenvalue weighted by Gasteiger charge is 2.15. The second-order valence-electron chi connectivity index (χ2n) is 4.93. The number of aromatic carboxylic acids is 1. The fraction of sp³-hybridized carbons (Fsp3) is 0.125. The molecular formula is C16H14N4O2. The maximum Gasteiger partial charge on any atom is 0.339 e. The Morgan fingerprint density at radius 1 is 1.14 bits per heavy atom. The van der Waals surface area contributed by atoms with E-state index in [4.69, 9.17) is 0 Å². The molecule has 1 aromatic carbocycles. The molecule has 0 aliphatic carbocycles. The Kier molecular flexibility index (Phi) is 3.42. The first kappa shape index (κ1) is 13.9. The molecular weight excluding hydrogens is 280 g/mol. The van der Waals surface area contributed by atoms with E-state index in [0.717, 1.165) is 11.3 Å². The van der Waals surface area contributed by atoms with Crippen LogP contribution in [0.1, 0.15) is 21.6 Å². The molecule has 0 atom stereocenters.